The summed E-state index contributed by atoms with van der Waals surface area (Å²) in [4.78, 5) is 18.3. The van der Waals surface area contributed by atoms with Gasteiger partial charge in [-0.25, -0.2) is 4.79 Å². The van der Waals surface area contributed by atoms with Gasteiger partial charge in [0.05, 0.1) is 18.3 Å². The number of rotatable bonds is 3. The quantitative estimate of drug-likeness (QED) is 0.942. The topological polar surface area (TPSA) is 62.7 Å². The van der Waals surface area contributed by atoms with E-state index in [9.17, 15) is 9.90 Å². The van der Waals surface area contributed by atoms with E-state index < -0.39 is 0 Å². The van der Waals surface area contributed by atoms with Crippen molar-refractivity contribution in [1.82, 2.24) is 9.88 Å². The Morgan fingerprint density at radius 1 is 1.30 bits per heavy atom. The maximum atomic E-state index is 12.2. The minimum absolute atomic E-state index is 0.220. The summed E-state index contributed by atoms with van der Waals surface area (Å²) in [6, 6.07) is 10.6. The molecule has 1 aliphatic rings. The van der Waals surface area contributed by atoms with Gasteiger partial charge in [0.2, 0.25) is 0 Å². The third-order valence-corrected chi connectivity index (χ3v) is 3.78. The SMILES string of the molecule is CCOC(=O)N1C=Cc2cccnc2C1Cc1ccc(O)cc1. The Kier molecular flexibility index (Phi) is 4.28. The van der Waals surface area contributed by atoms with Gasteiger partial charge in [-0.1, -0.05) is 18.2 Å². The first kappa shape index (κ1) is 15.1. The van der Waals surface area contributed by atoms with Crippen molar-refractivity contribution in [3.05, 3.63) is 65.6 Å². The molecule has 1 aromatic heterocycles. The lowest BCUT2D eigenvalue weighted by atomic mass is 9.96. The molecular weight excluding hydrogens is 292 g/mol. The summed E-state index contributed by atoms with van der Waals surface area (Å²) in [7, 11) is 0. The minimum Gasteiger partial charge on any atom is -0.508 e. The van der Waals surface area contributed by atoms with Crippen LogP contribution in [0.4, 0.5) is 4.79 Å². The van der Waals surface area contributed by atoms with Gasteiger partial charge in [-0.2, -0.15) is 0 Å². The molecule has 0 spiro atoms. The number of aromatic nitrogens is 1. The van der Waals surface area contributed by atoms with Crippen LogP contribution in [-0.4, -0.2) is 27.7 Å². The Hall–Kier alpha value is -2.82. The highest BCUT2D eigenvalue weighted by molar-refractivity contribution is 5.73. The zero-order valence-corrected chi connectivity index (χ0v) is 12.8. The van der Waals surface area contributed by atoms with Crippen molar-refractivity contribution in [2.75, 3.05) is 6.61 Å². The van der Waals surface area contributed by atoms with E-state index in [-0.39, 0.29) is 17.9 Å². The number of carbonyl (C=O) groups excluding carboxylic acids is 1. The number of amides is 1. The van der Waals surface area contributed by atoms with Crippen LogP contribution in [0.15, 0.2) is 48.8 Å². The molecule has 1 aliphatic heterocycles. The van der Waals surface area contributed by atoms with Crippen LogP contribution >= 0.6 is 0 Å². The van der Waals surface area contributed by atoms with Crippen LogP contribution in [0.5, 0.6) is 5.75 Å². The van der Waals surface area contributed by atoms with Gasteiger partial charge in [0.25, 0.3) is 0 Å². The summed E-state index contributed by atoms with van der Waals surface area (Å²) < 4.78 is 5.15. The fraction of sp³-hybridized carbons (Fsp3) is 0.222. The van der Waals surface area contributed by atoms with Crippen molar-refractivity contribution in [2.45, 2.75) is 19.4 Å². The summed E-state index contributed by atoms with van der Waals surface area (Å²) in [5.41, 5.74) is 2.85. The molecule has 3 rings (SSSR count). The molecule has 0 saturated carbocycles. The van der Waals surface area contributed by atoms with Crippen LogP contribution in [0.25, 0.3) is 6.08 Å². The number of pyridine rings is 1. The number of aromatic hydroxyl groups is 1. The highest BCUT2D eigenvalue weighted by Crippen LogP contribution is 2.32. The van der Waals surface area contributed by atoms with Gasteiger partial charge in [0.15, 0.2) is 0 Å². The van der Waals surface area contributed by atoms with Crippen molar-refractivity contribution in [1.29, 1.82) is 0 Å². The molecular formula is C18H18N2O3. The Morgan fingerprint density at radius 3 is 2.83 bits per heavy atom. The van der Waals surface area contributed by atoms with Crippen molar-refractivity contribution >= 4 is 12.2 Å². The molecule has 1 amide bonds. The predicted octanol–water partition coefficient (Wildman–Crippen LogP) is 3.51. The van der Waals surface area contributed by atoms with E-state index in [1.807, 2.05) is 30.3 Å². The molecule has 1 atom stereocenters. The number of carbonyl (C=O) groups is 1. The molecule has 0 saturated heterocycles. The van der Waals surface area contributed by atoms with Crippen LogP contribution < -0.4 is 0 Å². The summed E-state index contributed by atoms with van der Waals surface area (Å²) in [6.07, 6.45) is 5.54. The summed E-state index contributed by atoms with van der Waals surface area (Å²) in [5, 5.41) is 9.42. The first-order chi connectivity index (χ1) is 11.2. The zero-order chi connectivity index (χ0) is 16.2. The maximum absolute atomic E-state index is 12.2. The number of hydrogen-bond donors (Lipinski definition) is 1. The minimum atomic E-state index is -0.385. The Balaban J connectivity index is 1.94. The molecule has 118 valence electrons. The van der Waals surface area contributed by atoms with Crippen molar-refractivity contribution in [3.63, 3.8) is 0 Å². The molecule has 2 heterocycles. The first-order valence-corrected chi connectivity index (χ1v) is 7.55. The predicted molar refractivity (Wildman–Crippen MR) is 86.7 cm³/mol. The van der Waals surface area contributed by atoms with E-state index in [0.29, 0.717) is 13.0 Å². The average Bonchev–Trinajstić information content (AvgIpc) is 2.57. The highest BCUT2D eigenvalue weighted by Gasteiger charge is 2.30. The lowest BCUT2D eigenvalue weighted by Gasteiger charge is -2.31. The molecule has 1 unspecified atom stereocenters. The van der Waals surface area contributed by atoms with Gasteiger partial charge in [0, 0.05) is 12.4 Å². The van der Waals surface area contributed by atoms with E-state index in [0.717, 1.165) is 16.8 Å². The Bertz CT molecular complexity index is 725. The smallest absolute Gasteiger partial charge is 0.414 e. The molecule has 0 aliphatic carbocycles. The second-order valence-corrected chi connectivity index (χ2v) is 5.29. The lowest BCUT2D eigenvalue weighted by Crippen LogP contribution is -2.34. The first-order valence-electron chi connectivity index (χ1n) is 7.55. The molecule has 0 bridgehead atoms. The third-order valence-electron chi connectivity index (χ3n) is 3.78. The molecule has 2 aromatic rings. The number of fused-ring (bicyclic) bond motifs is 1. The Morgan fingerprint density at radius 2 is 2.09 bits per heavy atom. The largest absolute Gasteiger partial charge is 0.508 e. The molecule has 5 heteroatoms. The molecule has 23 heavy (non-hydrogen) atoms. The van der Waals surface area contributed by atoms with Crippen LogP contribution in [-0.2, 0) is 11.2 Å². The molecule has 5 nitrogen and oxygen atoms in total. The highest BCUT2D eigenvalue weighted by atomic mass is 16.6. The second kappa shape index (κ2) is 6.52. The van der Waals surface area contributed by atoms with E-state index in [4.69, 9.17) is 4.74 Å². The fourth-order valence-corrected chi connectivity index (χ4v) is 2.68. The van der Waals surface area contributed by atoms with E-state index >= 15 is 0 Å². The van der Waals surface area contributed by atoms with Crippen molar-refractivity contribution in [3.8, 4) is 5.75 Å². The summed E-state index contributed by atoms with van der Waals surface area (Å²) in [5.74, 6) is 0.220. The fourth-order valence-electron chi connectivity index (χ4n) is 2.68. The number of nitrogens with zero attached hydrogens (tertiary/aromatic N) is 2. The number of benzene rings is 1. The van der Waals surface area contributed by atoms with Crippen LogP contribution in [0.1, 0.15) is 29.8 Å². The van der Waals surface area contributed by atoms with E-state index in [1.54, 1.807) is 36.4 Å². The molecule has 1 N–H and O–H groups in total. The number of hydrogen-bond acceptors (Lipinski definition) is 4. The van der Waals surface area contributed by atoms with Gasteiger partial charge in [0.1, 0.15) is 5.75 Å². The van der Waals surface area contributed by atoms with Gasteiger partial charge in [-0.05, 0) is 48.7 Å². The van der Waals surface area contributed by atoms with Gasteiger partial charge >= 0.3 is 6.09 Å². The van der Waals surface area contributed by atoms with Crippen molar-refractivity contribution < 1.29 is 14.6 Å². The normalized spacial score (nSPS) is 16.0. The Labute approximate surface area is 134 Å². The molecule has 0 radical (unpaired) electrons. The van der Waals surface area contributed by atoms with E-state index in [2.05, 4.69) is 4.98 Å². The number of phenols is 1. The zero-order valence-electron chi connectivity index (χ0n) is 12.8. The van der Waals surface area contributed by atoms with Gasteiger partial charge in [-0.15, -0.1) is 0 Å². The number of phenolic OH excluding ortho intramolecular Hbond substituents is 1. The van der Waals surface area contributed by atoms with Crippen LogP contribution in [0, 0.1) is 0 Å². The third kappa shape index (κ3) is 3.18. The van der Waals surface area contributed by atoms with Crippen molar-refractivity contribution in [2.24, 2.45) is 0 Å². The van der Waals surface area contributed by atoms with Crippen LogP contribution in [0.2, 0.25) is 0 Å². The second-order valence-electron chi connectivity index (χ2n) is 5.29. The number of ether oxygens (including phenoxy) is 1. The van der Waals surface area contributed by atoms with E-state index in [1.165, 1.54) is 0 Å². The maximum Gasteiger partial charge on any atom is 0.414 e. The van der Waals surface area contributed by atoms with Crippen LogP contribution in [0.3, 0.4) is 0 Å². The molecule has 1 aromatic carbocycles. The summed E-state index contributed by atoms with van der Waals surface area (Å²) in [6.45, 7) is 2.11. The van der Waals surface area contributed by atoms with Gasteiger partial charge < -0.3 is 9.84 Å². The average molecular weight is 310 g/mol. The monoisotopic (exact) mass is 310 g/mol. The van der Waals surface area contributed by atoms with Gasteiger partial charge in [-0.3, -0.25) is 9.88 Å². The molecule has 0 fully saturated rings. The lowest BCUT2D eigenvalue weighted by molar-refractivity contribution is 0.108. The standard InChI is InChI=1S/C18H18N2O3/c1-2-23-18(22)20-11-9-14-4-3-10-19-17(14)16(20)12-13-5-7-15(21)8-6-13/h3-11,16,21H,2,12H2,1H3. The summed E-state index contributed by atoms with van der Waals surface area (Å²) >= 11 is 0.